The molecule has 0 fully saturated rings. The average molecular weight is 213 g/mol. The number of carbonyl (C=O) groups is 1. The van der Waals surface area contributed by atoms with Crippen molar-refractivity contribution in [1.29, 1.82) is 0 Å². The lowest BCUT2D eigenvalue weighted by atomic mass is 10.1. The van der Waals surface area contributed by atoms with Gasteiger partial charge < -0.3 is 10.7 Å². The maximum Gasteiger partial charge on any atom is 0.267 e. The molecule has 0 aromatic carbocycles. The first kappa shape index (κ1) is 9.27. The van der Waals surface area contributed by atoms with Crippen LogP contribution in [-0.4, -0.2) is 10.9 Å². The van der Waals surface area contributed by atoms with Crippen LogP contribution in [0.4, 0.5) is 0 Å². The van der Waals surface area contributed by atoms with Crippen molar-refractivity contribution in [3.8, 4) is 0 Å². The minimum Gasteiger partial charge on any atom is -0.364 e. The molecule has 1 aromatic heterocycles. The van der Waals surface area contributed by atoms with E-state index in [1.165, 1.54) is 0 Å². The number of pyridine rings is 1. The second-order valence-corrected chi connectivity index (χ2v) is 3.70. The summed E-state index contributed by atoms with van der Waals surface area (Å²) in [6.07, 6.45) is 2.41. The second kappa shape index (κ2) is 3.13. The summed E-state index contributed by atoms with van der Waals surface area (Å²) in [5, 5.41) is 0.197. The smallest absolute Gasteiger partial charge is 0.267 e. The van der Waals surface area contributed by atoms with Crippen LogP contribution < -0.4 is 11.3 Å². The number of nitrogens with two attached hydrogens (primary N) is 1. The molecule has 4 nitrogen and oxygen atoms in total. The quantitative estimate of drug-likeness (QED) is 0.716. The maximum absolute atomic E-state index is 11.3. The highest BCUT2D eigenvalue weighted by atomic mass is 35.5. The number of halogens is 1. The Morgan fingerprint density at radius 3 is 2.64 bits per heavy atom. The van der Waals surface area contributed by atoms with Crippen molar-refractivity contribution in [1.82, 2.24) is 4.98 Å². The summed E-state index contributed by atoms with van der Waals surface area (Å²) in [6.45, 7) is 0. The summed E-state index contributed by atoms with van der Waals surface area (Å²) in [5.41, 5.74) is 6.53. The molecule has 3 N–H and O–H groups in total. The lowest BCUT2D eigenvalue weighted by molar-refractivity contribution is 0.0994. The first-order valence-corrected chi connectivity index (χ1v) is 4.72. The lowest BCUT2D eigenvalue weighted by Gasteiger charge is -2.05. The molecular formula is C9H9ClN2O2. The van der Waals surface area contributed by atoms with Gasteiger partial charge >= 0.3 is 0 Å². The summed E-state index contributed by atoms with van der Waals surface area (Å²) in [6, 6.07) is 0. The Hall–Kier alpha value is -1.29. The highest BCUT2D eigenvalue weighted by Gasteiger charge is 2.22. The van der Waals surface area contributed by atoms with Crippen molar-refractivity contribution in [3.63, 3.8) is 0 Å². The molecule has 0 bridgehead atoms. The van der Waals surface area contributed by atoms with Crippen LogP contribution in [0, 0.1) is 0 Å². The van der Waals surface area contributed by atoms with E-state index in [9.17, 15) is 9.59 Å². The van der Waals surface area contributed by atoms with Gasteiger partial charge in [0.05, 0.1) is 0 Å². The number of H-pyrrole nitrogens is 1. The number of aromatic nitrogens is 1. The molecular weight excluding hydrogens is 204 g/mol. The van der Waals surface area contributed by atoms with E-state index in [1.807, 2.05) is 0 Å². The van der Waals surface area contributed by atoms with Gasteiger partial charge in [-0.1, -0.05) is 11.6 Å². The molecule has 74 valence electrons. The molecule has 1 aliphatic rings. The molecule has 1 aromatic rings. The number of hydrogen-bond donors (Lipinski definition) is 2. The van der Waals surface area contributed by atoms with Crippen LogP contribution in [0.3, 0.4) is 0 Å². The Bertz CT molecular complexity index is 465. The van der Waals surface area contributed by atoms with Crippen LogP contribution in [0.2, 0.25) is 5.02 Å². The Morgan fingerprint density at radius 1 is 1.36 bits per heavy atom. The van der Waals surface area contributed by atoms with Crippen LogP contribution in [0.25, 0.3) is 0 Å². The number of nitrogens with one attached hydrogen (secondary N) is 1. The highest BCUT2D eigenvalue weighted by Crippen LogP contribution is 2.27. The maximum atomic E-state index is 11.3. The normalized spacial score (nSPS) is 14.1. The van der Waals surface area contributed by atoms with E-state index in [0.29, 0.717) is 0 Å². The third kappa shape index (κ3) is 1.23. The average Bonchev–Trinajstić information content (AvgIpc) is 2.59. The van der Waals surface area contributed by atoms with Gasteiger partial charge in [-0.15, -0.1) is 0 Å². The van der Waals surface area contributed by atoms with Crippen LogP contribution in [0.1, 0.15) is 28.0 Å². The molecule has 0 spiro atoms. The number of aromatic amines is 1. The minimum absolute atomic E-state index is 0.197. The fourth-order valence-corrected chi connectivity index (χ4v) is 2.11. The van der Waals surface area contributed by atoms with Gasteiger partial charge in [-0.2, -0.15) is 0 Å². The zero-order chi connectivity index (χ0) is 10.3. The number of rotatable bonds is 1. The molecule has 1 amide bonds. The molecule has 1 heterocycles. The van der Waals surface area contributed by atoms with E-state index in [2.05, 4.69) is 4.98 Å². The zero-order valence-corrected chi connectivity index (χ0v) is 8.15. The molecule has 14 heavy (non-hydrogen) atoms. The first-order chi connectivity index (χ1) is 6.61. The van der Waals surface area contributed by atoms with Crippen molar-refractivity contribution < 1.29 is 4.79 Å². The van der Waals surface area contributed by atoms with Gasteiger partial charge in [0, 0.05) is 0 Å². The molecule has 0 unspecified atom stereocenters. The van der Waals surface area contributed by atoms with Gasteiger partial charge in [-0.25, -0.2) is 0 Å². The van der Waals surface area contributed by atoms with Gasteiger partial charge in [0.25, 0.3) is 11.5 Å². The first-order valence-electron chi connectivity index (χ1n) is 4.34. The van der Waals surface area contributed by atoms with Crippen LogP contribution in [-0.2, 0) is 12.8 Å². The Morgan fingerprint density at radius 2 is 2.00 bits per heavy atom. The topological polar surface area (TPSA) is 76.0 Å². The summed E-state index contributed by atoms with van der Waals surface area (Å²) in [7, 11) is 0. The van der Waals surface area contributed by atoms with E-state index >= 15 is 0 Å². The molecule has 0 atom stereocenters. The predicted molar refractivity (Wildman–Crippen MR) is 52.6 cm³/mol. The van der Waals surface area contributed by atoms with Crippen LogP contribution in [0.5, 0.6) is 0 Å². The molecule has 0 saturated carbocycles. The minimum atomic E-state index is -0.600. The number of amides is 1. The van der Waals surface area contributed by atoms with E-state index < -0.39 is 11.5 Å². The van der Waals surface area contributed by atoms with Crippen molar-refractivity contribution in [2.24, 2.45) is 5.73 Å². The predicted octanol–water partition coefficient (Wildman–Crippen LogP) is 0.616. The third-order valence-electron chi connectivity index (χ3n) is 2.47. The van der Waals surface area contributed by atoms with Gasteiger partial charge in [0.15, 0.2) is 0 Å². The molecule has 0 aliphatic heterocycles. The number of hydrogen-bond acceptors (Lipinski definition) is 2. The Balaban J connectivity index is 2.76. The summed E-state index contributed by atoms with van der Waals surface area (Å²) in [4.78, 5) is 24.8. The molecule has 0 radical (unpaired) electrons. The summed E-state index contributed by atoms with van der Waals surface area (Å²) < 4.78 is 0. The van der Waals surface area contributed by atoms with Gasteiger partial charge in [0.1, 0.15) is 10.7 Å². The summed E-state index contributed by atoms with van der Waals surface area (Å²) in [5.74, 6) is -0.600. The van der Waals surface area contributed by atoms with Crippen molar-refractivity contribution in [2.45, 2.75) is 19.3 Å². The van der Waals surface area contributed by atoms with E-state index in [1.54, 1.807) is 0 Å². The standard InChI is InChI=1S/C9H9ClN2O2/c10-6-4-2-1-3-5(4)7(8(11)13)12-9(6)14/h1-3H2,(H2,11,13)(H,12,14). The van der Waals surface area contributed by atoms with Crippen molar-refractivity contribution in [3.05, 3.63) is 32.2 Å². The van der Waals surface area contributed by atoms with E-state index in [4.69, 9.17) is 17.3 Å². The van der Waals surface area contributed by atoms with E-state index in [0.717, 1.165) is 30.4 Å². The zero-order valence-electron chi connectivity index (χ0n) is 7.39. The lowest BCUT2D eigenvalue weighted by Crippen LogP contribution is -2.22. The molecule has 1 aliphatic carbocycles. The Kier molecular flexibility index (Phi) is 2.07. The molecule has 2 rings (SSSR count). The van der Waals surface area contributed by atoms with Crippen LogP contribution >= 0.6 is 11.6 Å². The SMILES string of the molecule is NC(=O)c1[nH]c(=O)c(Cl)c2c1CCC2. The van der Waals surface area contributed by atoms with Crippen LogP contribution in [0.15, 0.2) is 4.79 Å². The Labute approximate surface area is 85.1 Å². The fourth-order valence-electron chi connectivity index (χ4n) is 1.85. The third-order valence-corrected chi connectivity index (χ3v) is 2.87. The van der Waals surface area contributed by atoms with Gasteiger partial charge in [-0.05, 0) is 30.4 Å². The summed E-state index contributed by atoms with van der Waals surface area (Å²) >= 11 is 5.82. The number of carbonyl (C=O) groups excluding carboxylic acids is 1. The van der Waals surface area contributed by atoms with Crippen molar-refractivity contribution >= 4 is 17.5 Å². The number of primary amides is 1. The van der Waals surface area contributed by atoms with Crippen molar-refractivity contribution in [2.75, 3.05) is 0 Å². The second-order valence-electron chi connectivity index (χ2n) is 3.32. The molecule has 5 heteroatoms. The van der Waals surface area contributed by atoms with Gasteiger partial charge in [0.2, 0.25) is 0 Å². The largest absolute Gasteiger partial charge is 0.364 e. The molecule has 0 saturated heterocycles. The fraction of sp³-hybridized carbons (Fsp3) is 0.333. The number of fused-ring (bicyclic) bond motifs is 1. The monoisotopic (exact) mass is 212 g/mol. The van der Waals surface area contributed by atoms with E-state index in [-0.39, 0.29) is 10.7 Å². The van der Waals surface area contributed by atoms with Gasteiger partial charge in [-0.3, -0.25) is 9.59 Å². The highest BCUT2D eigenvalue weighted by molar-refractivity contribution is 6.31.